The average Bonchev–Trinajstić information content (AvgIpc) is 2.73. The standard InChI is InChI=1S/C21H31N3O4/c1-21(2,16-5-6-17-18(13-16)28-12-11-27-17)14-23-20(22-3)24-9-7-15(8-10-24)19(25)26-4/h5-6,13,15H,7-12,14H2,1-4H3,(H,22,23). The molecule has 1 fully saturated rings. The summed E-state index contributed by atoms with van der Waals surface area (Å²) >= 11 is 0. The highest BCUT2D eigenvalue weighted by molar-refractivity contribution is 5.80. The van der Waals surface area contributed by atoms with Gasteiger partial charge in [-0.3, -0.25) is 9.79 Å². The number of esters is 1. The van der Waals surface area contributed by atoms with Crippen LogP contribution < -0.4 is 14.8 Å². The zero-order valence-corrected chi connectivity index (χ0v) is 17.3. The van der Waals surface area contributed by atoms with Crippen LogP contribution in [0.5, 0.6) is 11.5 Å². The second-order valence-electron chi connectivity index (χ2n) is 7.93. The maximum atomic E-state index is 11.7. The third-order valence-corrected chi connectivity index (χ3v) is 5.55. The number of nitrogens with zero attached hydrogens (tertiary/aromatic N) is 2. The van der Waals surface area contributed by atoms with E-state index in [0.29, 0.717) is 13.2 Å². The van der Waals surface area contributed by atoms with E-state index < -0.39 is 0 Å². The fraction of sp³-hybridized carbons (Fsp3) is 0.619. The molecule has 0 bridgehead atoms. The molecule has 7 heteroatoms. The SMILES string of the molecule is CN=C(NCC(C)(C)c1ccc2c(c1)OCCO2)N1CCC(C(=O)OC)CC1. The van der Waals surface area contributed by atoms with Gasteiger partial charge in [-0.2, -0.15) is 0 Å². The number of aliphatic imine (C=N–C) groups is 1. The molecule has 154 valence electrons. The van der Waals surface area contributed by atoms with Crippen molar-refractivity contribution >= 4 is 11.9 Å². The number of rotatable bonds is 4. The normalized spacial score (nSPS) is 18.0. The Morgan fingerprint density at radius 3 is 2.57 bits per heavy atom. The lowest BCUT2D eigenvalue weighted by Gasteiger charge is -2.35. The van der Waals surface area contributed by atoms with E-state index >= 15 is 0 Å². The summed E-state index contributed by atoms with van der Waals surface area (Å²) in [4.78, 5) is 18.4. The molecule has 1 saturated heterocycles. The lowest BCUT2D eigenvalue weighted by Crippen LogP contribution is -2.49. The van der Waals surface area contributed by atoms with Crippen LogP contribution in [0.15, 0.2) is 23.2 Å². The van der Waals surface area contributed by atoms with Crippen molar-refractivity contribution in [3.8, 4) is 11.5 Å². The van der Waals surface area contributed by atoms with E-state index in [1.165, 1.54) is 12.7 Å². The molecule has 28 heavy (non-hydrogen) atoms. The fourth-order valence-electron chi connectivity index (χ4n) is 3.69. The number of carbonyl (C=O) groups is 1. The summed E-state index contributed by atoms with van der Waals surface area (Å²) in [6.07, 6.45) is 1.58. The summed E-state index contributed by atoms with van der Waals surface area (Å²) in [6, 6.07) is 6.15. The van der Waals surface area contributed by atoms with E-state index in [0.717, 1.165) is 49.9 Å². The molecule has 3 rings (SSSR count). The highest BCUT2D eigenvalue weighted by Crippen LogP contribution is 2.35. The van der Waals surface area contributed by atoms with Crippen LogP contribution >= 0.6 is 0 Å². The number of nitrogens with one attached hydrogen (secondary N) is 1. The van der Waals surface area contributed by atoms with Crippen molar-refractivity contribution in [2.45, 2.75) is 32.1 Å². The maximum Gasteiger partial charge on any atom is 0.308 e. The minimum atomic E-state index is -0.115. The number of carbonyl (C=O) groups excluding carboxylic acids is 1. The van der Waals surface area contributed by atoms with Gasteiger partial charge in [-0.15, -0.1) is 0 Å². The third-order valence-electron chi connectivity index (χ3n) is 5.55. The Hall–Kier alpha value is -2.44. The van der Waals surface area contributed by atoms with Crippen LogP contribution in [0.4, 0.5) is 0 Å². The summed E-state index contributed by atoms with van der Waals surface area (Å²) in [5.74, 6) is 2.37. The summed E-state index contributed by atoms with van der Waals surface area (Å²) in [7, 11) is 3.25. The Kier molecular flexibility index (Phi) is 6.31. The van der Waals surface area contributed by atoms with Crippen molar-refractivity contribution < 1.29 is 19.0 Å². The Morgan fingerprint density at radius 1 is 1.25 bits per heavy atom. The first-order chi connectivity index (χ1) is 13.4. The van der Waals surface area contributed by atoms with Gasteiger partial charge in [0.1, 0.15) is 13.2 Å². The topological polar surface area (TPSA) is 72.4 Å². The number of likely N-dealkylation sites (tertiary alicyclic amines) is 1. The van der Waals surface area contributed by atoms with Gasteiger partial charge in [0, 0.05) is 32.1 Å². The van der Waals surface area contributed by atoms with Crippen LogP contribution in [0.25, 0.3) is 0 Å². The minimum Gasteiger partial charge on any atom is -0.486 e. The molecule has 0 unspecified atom stereocenters. The molecule has 0 spiro atoms. The van der Waals surface area contributed by atoms with E-state index in [1.807, 2.05) is 6.07 Å². The quantitative estimate of drug-likeness (QED) is 0.484. The Morgan fingerprint density at radius 2 is 1.93 bits per heavy atom. The largest absolute Gasteiger partial charge is 0.486 e. The molecule has 1 aromatic carbocycles. The van der Waals surface area contributed by atoms with E-state index in [4.69, 9.17) is 14.2 Å². The predicted octanol–water partition coefficient (Wildman–Crippen LogP) is 2.20. The van der Waals surface area contributed by atoms with Crippen LogP contribution in [-0.4, -0.2) is 63.8 Å². The summed E-state index contributed by atoms with van der Waals surface area (Å²) in [6.45, 7) is 7.90. The van der Waals surface area contributed by atoms with Gasteiger partial charge in [0.05, 0.1) is 13.0 Å². The summed E-state index contributed by atoms with van der Waals surface area (Å²) < 4.78 is 16.2. The average molecular weight is 389 g/mol. The first-order valence-corrected chi connectivity index (χ1v) is 9.88. The van der Waals surface area contributed by atoms with Crippen molar-refractivity contribution in [3.05, 3.63) is 23.8 Å². The van der Waals surface area contributed by atoms with Crippen molar-refractivity contribution in [3.63, 3.8) is 0 Å². The fourth-order valence-corrected chi connectivity index (χ4v) is 3.69. The molecule has 7 nitrogen and oxygen atoms in total. The number of hydrogen-bond acceptors (Lipinski definition) is 5. The van der Waals surface area contributed by atoms with Gasteiger partial charge in [0.25, 0.3) is 0 Å². The second kappa shape index (κ2) is 8.71. The first-order valence-electron chi connectivity index (χ1n) is 9.88. The Bertz CT molecular complexity index is 724. The third kappa shape index (κ3) is 4.51. The molecule has 1 aromatic rings. The van der Waals surface area contributed by atoms with Crippen molar-refractivity contribution in [1.29, 1.82) is 0 Å². The van der Waals surface area contributed by atoms with Crippen LogP contribution in [0.3, 0.4) is 0 Å². The number of benzene rings is 1. The van der Waals surface area contributed by atoms with Gasteiger partial charge in [0.2, 0.25) is 0 Å². The van der Waals surface area contributed by atoms with E-state index in [2.05, 4.69) is 41.2 Å². The monoisotopic (exact) mass is 389 g/mol. The molecule has 0 atom stereocenters. The summed E-state index contributed by atoms with van der Waals surface area (Å²) in [5.41, 5.74) is 1.07. The Balaban J connectivity index is 1.59. The predicted molar refractivity (Wildman–Crippen MR) is 108 cm³/mol. The van der Waals surface area contributed by atoms with Crippen LogP contribution in [-0.2, 0) is 14.9 Å². The maximum absolute atomic E-state index is 11.7. The molecule has 0 saturated carbocycles. The van der Waals surface area contributed by atoms with Gasteiger partial charge < -0.3 is 24.4 Å². The zero-order chi connectivity index (χ0) is 20.1. The highest BCUT2D eigenvalue weighted by Gasteiger charge is 2.28. The van der Waals surface area contributed by atoms with Gasteiger partial charge in [-0.05, 0) is 30.5 Å². The highest BCUT2D eigenvalue weighted by atomic mass is 16.6. The van der Waals surface area contributed by atoms with Crippen molar-refractivity contribution in [2.75, 3.05) is 47.0 Å². The number of piperidine rings is 1. The number of hydrogen-bond donors (Lipinski definition) is 1. The molecule has 1 N–H and O–H groups in total. The number of fused-ring (bicyclic) bond motifs is 1. The van der Waals surface area contributed by atoms with Gasteiger partial charge in [-0.25, -0.2) is 0 Å². The van der Waals surface area contributed by atoms with E-state index in [1.54, 1.807) is 7.05 Å². The molecule has 0 radical (unpaired) electrons. The number of methoxy groups -OCH3 is 1. The van der Waals surface area contributed by atoms with Crippen molar-refractivity contribution in [1.82, 2.24) is 10.2 Å². The molecule has 2 heterocycles. The van der Waals surface area contributed by atoms with E-state index in [-0.39, 0.29) is 17.3 Å². The second-order valence-corrected chi connectivity index (χ2v) is 7.93. The van der Waals surface area contributed by atoms with Crippen LogP contribution in [0.1, 0.15) is 32.3 Å². The summed E-state index contributed by atoms with van der Waals surface area (Å²) in [5, 5.41) is 3.50. The lowest BCUT2D eigenvalue weighted by molar-refractivity contribution is -0.146. The van der Waals surface area contributed by atoms with Gasteiger partial charge >= 0.3 is 5.97 Å². The lowest BCUT2D eigenvalue weighted by atomic mass is 9.84. The van der Waals surface area contributed by atoms with Gasteiger partial charge in [0.15, 0.2) is 17.5 Å². The van der Waals surface area contributed by atoms with Crippen molar-refractivity contribution in [2.24, 2.45) is 10.9 Å². The number of ether oxygens (including phenoxy) is 3. The first kappa shape index (κ1) is 20.3. The Labute approximate surface area is 167 Å². The molecule has 2 aliphatic rings. The van der Waals surface area contributed by atoms with Gasteiger partial charge in [-0.1, -0.05) is 19.9 Å². The minimum absolute atomic E-state index is 0.00601. The molecular weight excluding hydrogens is 358 g/mol. The molecule has 0 amide bonds. The molecule has 0 aliphatic carbocycles. The van der Waals surface area contributed by atoms with Crippen LogP contribution in [0.2, 0.25) is 0 Å². The number of guanidine groups is 1. The zero-order valence-electron chi connectivity index (χ0n) is 17.3. The molecule has 2 aliphatic heterocycles. The van der Waals surface area contributed by atoms with E-state index in [9.17, 15) is 4.79 Å². The van der Waals surface area contributed by atoms with Crippen LogP contribution in [0, 0.1) is 5.92 Å². The molecule has 0 aromatic heterocycles. The smallest absolute Gasteiger partial charge is 0.308 e. The molecular formula is C21H31N3O4.